The highest BCUT2D eigenvalue weighted by Crippen LogP contribution is 2.19. The average molecular weight is 649 g/mol. The number of piperidine rings is 1. The van der Waals surface area contributed by atoms with Gasteiger partial charge in [-0.3, -0.25) is 9.59 Å². The molecule has 1 saturated heterocycles. The molecule has 4 rings (SSSR count). The predicted octanol–water partition coefficient (Wildman–Crippen LogP) is 3.79. The molecule has 0 spiro atoms. The van der Waals surface area contributed by atoms with Crippen LogP contribution in [0.4, 0.5) is 4.79 Å². The van der Waals surface area contributed by atoms with Crippen LogP contribution in [0.15, 0.2) is 95.5 Å². The van der Waals surface area contributed by atoms with Gasteiger partial charge in [-0.1, -0.05) is 54.6 Å². The summed E-state index contributed by atoms with van der Waals surface area (Å²) in [7, 11) is -3.87. The van der Waals surface area contributed by atoms with Gasteiger partial charge in [0.05, 0.1) is 12.5 Å². The molecular weight excluding hydrogens is 608 g/mol. The van der Waals surface area contributed by atoms with Gasteiger partial charge >= 0.3 is 12.0 Å². The molecule has 1 aliphatic heterocycles. The highest BCUT2D eigenvalue weighted by atomic mass is 32.2. The molecule has 0 bridgehead atoms. The van der Waals surface area contributed by atoms with Gasteiger partial charge in [0, 0.05) is 37.2 Å². The average Bonchev–Trinajstić information content (AvgIpc) is 3.07. The van der Waals surface area contributed by atoms with Gasteiger partial charge < -0.3 is 25.4 Å². The zero-order valence-corrected chi connectivity index (χ0v) is 26.6. The normalized spacial score (nSPS) is 15.2. The number of phenolic OH excluding ortho intramolecular Hbond substituents is 1. The van der Waals surface area contributed by atoms with E-state index in [1.807, 2.05) is 30.3 Å². The van der Waals surface area contributed by atoms with Crippen molar-refractivity contribution in [1.82, 2.24) is 20.5 Å². The number of esters is 1. The third-order valence-corrected chi connectivity index (χ3v) is 9.07. The lowest BCUT2D eigenvalue weighted by atomic mass is 9.97. The SMILES string of the molecule is CCOC(=O)C1CCN(C(=O)N[C@@H](Cc2ccc(O)cc2)C(=O)N[C@H](/C=C/S(=O)(=O)c2ccccn2)CCc2ccccc2)CC1. The number of carbonyl (C=O) groups excluding carboxylic acids is 3. The van der Waals surface area contributed by atoms with Gasteiger partial charge in [0.15, 0.2) is 5.03 Å². The number of phenols is 1. The Morgan fingerprint density at radius 2 is 1.67 bits per heavy atom. The highest BCUT2D eigenvalue weighted by Gasteiger charge is 2.31. The summed E-state index contributed by atoms with van der Waals surface area (Å²) in [6, 6.07) is 18.4. The number of ether oxygens (including phenoxy) is 1. The van der Waals surface area contributed by atoms with E-state index in [0.717, 1.165) is 11.0 Å². The van der Waals surface area contributed by atoms with Crippen LogP contribution in [0.2, 0.25) is 0 Å². The number of aryl methyl sites for hydroxylation is 1. The number of nitrogens with zero attached hydrogens (tertiary/aromatic N) is 2. The topological polar surface area (TPSA) is 155 Å². The number of benzene rings is 2. The highest BCUT2D eigenvalue weighted by molar-refractivity contribution is 7.94. The first-order valence-electron chi connectivity index (χ1n) is 15.3. The largest absolute Gasteiger partial charge is 0.508 e. The van der Waals surface area contributed by atoms with Crippen molar-refractivity contribution in [2.45, 2.75) is 56.1 Å². The van der Waals surface area contributed by atoms with E-state index in [1.165, 1.54) is 30.5 Å². The molecule has 0 saturated carbocycles. The second kappa shape index (κ2) is 16.6. The van der Waals surface area contributed by atoms with Crippen LogP contribution in [0, 0.1) is 5.92 Å². The summed E-state index contributed by atoms with van der Waals surface area (Å²) in [5, 5.41) is 16.5. The summed E-state index contributed by atoms with van der Waals surface area (Å²) in [5.41, 5.74) is 1.72. The van der Waals surface area contributed by atoms with Crippen LogP contribution in [-0.2, 0) is 37.0 Å². The van der Waals surface area contributed by atoms with Crippen molar-refractivity contribution in [3.05, 3.63) is 102 Å². The fourth-order valence-corrected chi connectivity index (χ4v) is 6.16. The molecule has 46 heavy (non-hydrogen) atoms. The molecule has 2 aromatic carbocycles. The van der Waals surface area contributed by atoms with Crippen LogP contribution in [0.5, 0.6) is 5.75 Å². The molecule has 2 atom stereocenters. The van der Waals surface area contributed by atoms with Crippen LogP contribution in [0.25, 0.3) is 0 Å². The van der Waals surface area contributed by atoms with Gasteiger partial charge in [-0.25, -0.2) is 18.2 Å². The Bertz CT molecular complexity index is 1570. The Balaban J connectivity index is 1.51. The maximum absolute atomic E-state index is 13.8. The third kappa shape index (κ3) is 10.2. The molecule has 1 fully saturated rings. The van der Waals surface area contributed by atoms with Crippen molar-refractivity contribution in [2.24, 2.45) is 5.92 Å². The molecule has 3 amide bonds. The van der Waals surface area contributed by atoms with Gasteiger partial charge in [-0.2, -0.15) is 0 Å². The van der Waals surface area contributed by atoms with Crippen LogP contribution in [0.3, 0.4) is 0 Å². The number of hydrogen-bond acceptors (Lipinski definition) is 8. The molecule has 244 valence electrons. The Labute approximate surface area is 269 Å². The number of carbonyl (C=O) groups is 3. The monoisotopic (exact) mass is 648 g/mol. The number of nitrogens with one attached hydrogen (secondary N) is 2. The number of sulfone groups is 1. The number of pyridine rings is 1. The summed E-state index contributed by atoms with van der Waals surface area (Å²) < 4.78 is 31.0. The molecule has 12 heteroatoms. The Morgan fingerprint density at radius 3 is 2.33 bits per heavy atom. The quantitative estimate of drug-likeness (QED) is 0.237. The van der Waals surface area contributed by atoms with Crippen molar-refractivity contribution < 1.29 is 32.6 Å². The third-order valence-electron chi connectivity index (χ3n) is 7.73. The smallest absolute Gasteiger partial charge is 0.318 e. The van der Waals surface area contributed by atoms with Crippen molar-refractivity contribution in [2.75, 3.05) is 19.7 Å². The lowest BCUT2D eigenvalue weighted by Gasteiger charge is -2.32. The molecule has 0 aliphatic carbocycles. The van der Waals surface area contributed by atoms with Gasteiger partial charge in [-0.15, -0.1) is 0 Å². The Kier molecular flexibility index (Phi) is 12.3. The number of amides is 3. The van der Waals surface area contributed by atoms with Crippen molar-refractivity contribution >= 4 is 27.7 Å². The minimum atomic E-state index is -3.87. The van der Waals surface area contributed by atoms with Crippen LogP contribution in [0.1, 0.15) is 37.3 Å². The van der Waals surface area contributed by atoms with E-state index in [0.29, 0.717) is 50.9 Å². The van der Waals surface area contributed by atoms with Crippen molar-refractivity contribution in [3.8, 4) is 5.75 Å². The molecule has 3 N–H and O–H groups in total. The molecule has 0 unspecified atom stereocenters. The molecule has 3 aromatic rings. The molecular formula is C34H40N4O7S. The van der Waals surface area contributed by atoms with E-state index < -0.39 is 33.9 Å². The fraction of sp³-hybridized carbons (Fsp3) is 0.353. The first-order chi connectivity index (χ1) is 22.1. The second-order valence-electron chi connectivity index (χ2n) is 11.1. The van der Waals surface area contributed by atoms with E-state index in [-0.39, 0.29) is 29.1 Å². The van der Waals surface area contributed by atoms with E-state index >= 15 is 0 Å². The first kappa shape index (κ1) is 34.2. The molecule has 0 radical (unpaired) electrons. The zero-order valence-electron chi connectivity index (χ0n) is 25.7. The number of rotatable bonds is 13. The maximum Gasteiger partial charge on any atom is 0.318 e. The number of aromatic nitrogens is 1. The van der Waals surface area contributed by atoms with Crippen molar-refractivity contribution in [1.29, 1.82) is 0 Å². The van der Waals surface area contributed by atoms with Gasteiger partial charge in [-0.05, 0) is 68.0 Å². The number of hydrogen-bond donors (Lipinski definition) is 3. The second-order valence-corrected chi connectivity index (χ2v) is 12.8. The minimum Gasteiger partial charge on any atom is -0.508 e. The number of aromatic hydroxyl groups is 1. The number of urea groups is 1. The minimum absolute atomic E-state index is 0.0680. The molecule has 11 nitrogen and oxygen atoms in total. The Morgan fingerprint density at radius 1 is 0.978 bits per heavy atom. The summed E-state index contributed by atoms with van der Waals surface area (Å²) in [6.07, 6.45) is 4.82. The lowest BCUT2D eigenvalue weighted by Crippen LogP contribution is -2.55. The maximum atomic E-state index is 13.8. The van der Waals surface area contributed by atoms with Crippen LogP contribution in [-0.4, -0.2) is 73.1 Å². The van der Waals surface area contributed by atoms with Crippen LogP contribution < -0.4 is 10.6 Å². The fourth-order valence-electron chi connectivity index (χ4n) is 5.15. The van der Waals surface area contributed by atoms with Crippen molar-refractivity contribution in [3.63, 3.8) is 0 Å². The van der Waals surface area contributed by atoms with E-state index in [1.54, 1.807) is 36.1 Å². The Hall–Kier alpha value is -4.71. The van der Waals surface area contributed by atoms with E-state index in [9.17, 15) is 27.9 Å². The number of likely N-dealkylation sites (tertiary alicyclic amines) is 1. The summed E-state index contributed by atoms with van der Waals surface area (Å²) in [5.74, 6) is -0.981. The van der Waals surface area contributed by atoms with Crippen LogP contribution >= 0.6 is 0 Å². The molecule has 1 aromatic heterocycles. The summed E-state index contributed by atoms with van der Waals surface area (Å²) >= 11 is 0. The van der Waals surface area contributed by atoms with Gasteiger partial charge in [0.2, 0.25) is 15.7 Å². The van der Waals surface area contributed by atoms with E-state index in [4.69, 9.17) is 4.74 Å². The van der Waals surface area contributed by atoms with Gasteiger partial charge in [0.1, 0.15) is 11.8 Å². The van der Waals surface area contributed by atoms with E-state index in [2.05, 4.69) is 15.6 Å². The summed E-state index contributed by atoms with van der Waals surface area (Å²) in [4.78, 5) is 44.8. The zero-order chi connectivity index (χ0) is 32.9. The van der Waals surface area contributed by atoms with Gasteiger partial charge in [0.25, 0.3) is 0 Å². The first-order valence-corrected chi connectivity index (χ1v) is 16.9. The standard InChI is InChI=1S/C34H40N4O7S/c1-2-45-33(41)27-17-21-38(22-18-27)34(42)37-30(24-26-12-15-29(39)16-13-26)32(40)36-28(14-11-25-8-4-3-5-9-25)19-23-46(43,44)31-10-6-7-20-35-31/h3-10,12-13,15-16,19-20,23,27-28,30,39H,2,11,14,17-18,21-22,24H2,1H3,(H,36,40)(H,37,42)/b23-19+/t28-,30-/m0/s1. The molecule has 1 aliphatic rings. The lowest BCUT2D eigenvalue weighted by molar-refractivity contribution is -0.149. The predicted molar refractivity (Wildman–Crippen MR) is 172 cm³/mol. The summed E-state index contributed by atoms with van der Waals surface area (Å²) in [6.45, 7) is 2.71. The molecule has 2 heterocycles.